The molecule has 2 rings (SSSR count). The average molecular weight is 254 g/mol. The zero-order chi connectivity index (χ0) is 12.4. The summed E-state index contributed by atoms with van der Waals surface area (Å²) < 4.78 is 7.20. The molecule has 0 radical (unpaired) electrons. The summed E-state index contributed by atoms with van der Waals surface area (Å²) in [6, 6.07) is 3.73. The molecule has 1 atom stereocenters. The van der Waals surface area contributed by atoms with E-state index in [2.05, 4.69) is 21.5 Å². The maximum Gasteiger partial charge on any atom is 0.215 e. The van der Waals surface area contributed by atoms with Crippen LogP contribution in [0, 0.1) is 0 Å². The summed E-state index contributed by atoms with van der Waals surface area (Å²) in [5.41, 5.74) is 1.70. The molecular weight excluding hydrogens is 238 g/mol. The average Bonchev–Trinajstić information content (AvgIpc) is 2.68. The summed E-state index contributed by atoms with van der Waals surface area (Å²) in [7, 11) is 1.61. The fraction of sp³-hybridized carbons (Fsp3) is 0.500. The zero-order valence-electron chi connectivity index (χ0n) is 10.3. The minimum atomic E-state index is -0.123. The van der Waals surface area contributed by atoms with Gasteiger partial charge in [-0.15, -0.1) is 11.6 Å². The van der Waals surface area contributed by atoms with Gasteiger partial charge < -0.3 is 9.30 Å². The second kappa shape index (κ2) is 4.92. The van der Waals surface area contributed by atoms with Crippen molar-refractivity contribution < 1.29 is 4.74 Å². The molecule has 5 heteroatoms. The summed E-state index contributed by atoms with van der Waals surface area (Å²) in [6.45, 7) is 4.91. The lowest BCUT2D eigenvalue weighted by molar-refractivity contribution is 0.399. The molecule has 4 nitrogen and oxygen atoms in total. The minimum Gasteiger partial charge on any atom is -0.481 e. The smallest absolute Gasteiger partial charge is 0.215 e. The molecule has 0 saturated heterocycles. The standard InChI is InChI=1S/C12H16ClN3O/c1-4-7-16-11(8(2)13)14-9-5-6-10(17-3)15-12(9)16/h5-6,8H,4,7H2,1-3H3. The van der Waals surface area contributed by atoms with Gasteiger partial charge in [0.05, 0.1) is 12.5 Å². The fourth-order valence-electron chi connectivity index (χ4n) is 1.86. The van der Waals surface area contributed by atoms with Gasteiger partial charge in [0.1, 0.15) is 11.3 Å². The van der Waals surface area contributed by atoms with Gasteiger partial charge in [0, 0.05) is 12.6 Å². The van der Waals surface area contributed by atoms with Crippen LogP contribution < -0.4 is 4.74 Å². The number of fused-ring (bicyclic) bond motifs is 1. The summed E-state index contributed by atoms with van der Waals surface area (Å²) in [5.74, 6) is 1.47. The van der Waals surface area contributed by atoms with E-state index in [4.69, 9.17) is 16.3 Å². The van der Waals surface area contributed by atoms with E-state index in [1.165, 1.54) is 0 Å². The van der Waals surface area contributed by atoms with Gasteiger partial charge >= 0.3 is 0 Å². The van der Waals surface area contributed by atoms with Gasteiger partial charge in [-0.1, -0.05) is 6.92 Å². The van der Waals surface area contributed by atoms with Crippen LogP contribution in [-0.2, 0) is 6.54 Å². The van der Waals surface area contributed by atoms with E-state index in [-0.39, 0.29) is 5.38 Å². The predicted molar refractivity (Wildman–Crippen MR) is 68.6 cm³/mol. The van der Waals surface area contributed by atoms with Crippen LogP contribution in [0.15, 0.2) is 12.1 Å². The highest BCUT2D eigenvalue weighted by Crippen LogP contribution is 2.25. The van der Waals surface area contributed by atoms with Crippen LogP contribution in [0.4, 0.5) is 0 Å². The van der Waals surface area contributed by atoms with E-state index in [1.54, 1.807) is 7.11 Å². The maximum atomic E-state index is 6.15. The first-order valence-electron chi connectivity index (χ1n) is 5.72. The Labute approximate surface area is 106 Å². The van der Waals surface area contributed by atoms with Crippen molar-refractivity contribution in [2.45, 2.75) is 32.2 Å². The number of halogens is 1. The first-order valence-corrected chi connectivity index (χ1v) is 6.16. The highest BCUT2D eigenvalue weighted by Gasteiger charge is 2.15. The molecule has 0 amide bonds. The molecule has 2 aromatic rings. The van der Waals surface area contributed by atoms with Crippen molar-refractivity contribution in [3.63, 3.8) is 0 Å². The highest BCUT2D eigenvalue weighted by atomic mass is 35.5. The second-order valence-corrected chi connectivity index (χ2v) is 4.59. The van der Waals surface area contributed by atoms with Crippen molar-refractivity contribution in [3.05, 3.63) is 18.0 Å². The number of nitrogens with zero attached hydrogens (tertiary/aromatic N) is 3. The van der Waals surface area contributed by atoms with Crippen LogP contribution in [0.25, 0.3) is 11.2 Å². The van der Waals surface area contributed by atoms with Crippen LogP contribution in [0.1, 0.15) is 31.5 Å². The third-order valence-electron chi connectivity index (χ3n) is 2.61. The van der Waals surface area contributed by atoms with Gasteiger partial charge in [0.2, 0.25) is 5.88 Å². The molecule has 0 aliphatic heterocycles. The monoisotopic (exact) mass is 253 g/mol. The van der Waals surface area contributed by atoms with Crippen molar-refractivity contribution in [2.24, 2.45) is 0 Å². The van der Waals surface area contributed by atoms with Gasteiger partial charge in [0.25, 0.3) is 0 Å². The van der Waals surface area contributed by atoms with E-state index in [0.29, 0.717) is 5.88 Å². The molecule has 0 aromatic carbocycles. The number of aryl methyl sites for hydroxylation is 1. The normalized spacial score (nSPS) is 12.9. The lowest BCUT2D eigenvalue weighted by atomic mass is 10.4. The third-order valence-corrected chi connectivity index (χ3v) is 2.80. The fourth-order valence-corrected chi connectivity index (χ4v) is 2.03. The summed E-state index contributed by atoms with van der Waals surface area (Å²) in [6.07, 6.45) is 1.01. The first kappa shape index (κ1) is 12.2. The highest BCUT2D eigenvalue weighted by molar-refractivity contribution is 6.20. The Hall–Kier alpha value is -1.29. The van der Waals surface area contributed by atoms with E-state index in [1.807, 2.05) is 19.1 Å². The number of alkyl halides is 1. The molecule has 2 heterocycles. The maximum absolute atomic E-state index is 6.15. The lowest BCUT2D eigenvalue weighted by Crippen LogP contribution is -2.04. The Morgan fingerprint density at radius 2 is 2.18 bits per heavy atom. The predicted octanol–water partition coefficient (Wildman–Crippen LogP) is 3.15. The van der Waals surface area contributed by atoms with E-state index in [0.717, 1.165) is 30.0 Å². The van der Waals surface area contributed by atoms with E-state index < -0.39 is 0 Å². The molecule has 0 aliphatic rings. The molecule has 92 valence electrons. The molecule has 0 bridgehead atoms. The number of imidazole rings is 1. The number of methoxy groups -OCH3 is 1. The molecule has 1 unspecified atom stereocenters. The quantitative estimate of drug-likeness (QED) is 0.786. The third kappa shape index (κ3) is 2.22. The van der Waals surface area contributed by atoms with Crippen LogP contribution in [0.5, 0.6) is 5.88 Å². The SMILES string of the molecule is CCCn1c(C(C)Cl)nc2ccc(OC)nc21. The number of rotatable bonds is 4. The number of pyridine rings is 1. The van der Waals surface area contributed by atoms with Crippen molar-refractivity contribution in [1.29, 1.82) is 0 Å². The van der Waals surface area contributed by atoms with Crippen LogP contribution >= 0.6 is 11.6 Å². The van der Waals surface area contributed by atoms with E-state index in [9.17, 15) is 0 Å². The Morgan fingerprint density at radius 1 is 1.41 bits per heavy atom. The molecule has 0 N–H and O–H groups in total. The summed E-state index contributed by atoms with van der Waals surface area (Å²) in [4.78, 5) is 8.95. The van der Waals surface area contributed by atoms with Crippen molar-refractivity contribution in [2.75, 3.05) is 7.11 Å². The van der Waals surface area contributed by atoms with Gasteiger partial charge in [-0.2, -0.15) is 4.98 Å². The number of hydrogen-bond acceptors (Lipinski definition) is 3. The molecule has 17 heavy (non-hydrogen) atoms. The molecule has 0 aliphatic carbocycles. The Morgan fingerprint density at radius 3 is 2.76 bits per heavy atom. The number of aromatic nitrogens is 3. The Balaban J connectivity index is 2.63. The first-order chi connectivity index (χ1) is 8.17. The van der Waals surface area contributed by atoms with Crippen molar-refractivity contribution >= 4 is 22.8 Å². The second-order valence-electron chi connectivity index (χ2n) is 3.93. The lowest BCUT2D eigenvalue weighted by Gasteiger charge is -2.08. The largest absolute Gasteiger partial charge is 0.481 e. The Kier molecular flexibility index (Phi) is 3.52. The summed E-state index contributed by atoms with van der Waals surface area (Å²) in [5, 5.41) is -0.123. The van der Waals surface area contributed by atoms with Gasteiger partial charge in [-0.05, 0) is 19.4 Å². The van der Waals surface area contributed by atoms with Crippen molar-refractivity contribution in [1.82, 2.24) is 14.5 Å². The minimum absolute atomic E-state index is 0.123. The topological polar surface area (TPSA) is 39.9 Å². The molecule has 0 spiro atoms. The molecular formula is C12H16ClN3O. The van der Waals surface area contributed by atoms with E-state index >= 15 is 0 Å². The zero-order valence-corrected chi connectivity index (χ0v) is 11.0. The number of ether oxygens (including phenoxy) is 1. The van der Waals surface area contributed by atoms with Crippen LogP contribution in [0.2, 0.25) is 0 Å². The molecule has 0 fully saturated rings. The molecule has 0 saturated carbocycles. The molecule has 2 aromatic heterocycles. The number of hydrogen-bond donors (Lipinski definition) is 0. The van der Waals surface area contributed by atoms with Crippen LogP contribution in [0.3, 0.4) is 0 Å². The van der Waals surface area contributed by atoms with Gasteiger partial charge in [-0.25, -0.2) is 4.98 Å². The summed E-state index contributed by atoms with van der Waals surface area (Å²) >= 11 is 6.15. The van der Waals surface area contributed by atoms with Crippen molar-refractivity contribution in [3.8, 4) is 5.88 Å². The van der Waals surface area contributed by atoms with Gasteiger partial charge in [-0.3, -0.25) is 0 Å². The van der Waals surface area contributed by atoms with Gasteiger partial charge in [0.15, 0.2) is 5.65 Å². The van der Waals surface area contributed by atoms with Crippen LogP contribution in [-0.4, -0.2) is 21.6 Å². The Bertz CT molecular complexity index is 522.